The lowest BCUT2D eigenvalue weighted by atomic mass is 10.3. The van der Waals surface area contributed by atoms with E-state index < -0.39 is 18.0 Å². The Morgan fingerprint density at radius 3 is 1.89 bits per heavy atom. The Morgan fingerprint density at radius 2 is 1.56 bits per heavy atom. The number of carbonyl (C=O) groups is 2. The molecule has 0 aliphatic carbocycles. The van der Waals surface area contributed by atoms with Crippen LogP contribution < -0.4 is 0 Å². The van der Waals surface area contributed by atoms with Gasteiger partial charge >= 0.3 is 11.9 Å². The molecule has 0 aliphatic rings. The van der Waals surface area contributed by atoms with Crippen molar-refractivity contribution in [3.05, 3.63) is 37.0 Å². The van der Waals surface area contributed by atoms with Gasteiger partial charge in [0.15, 0.2) is 0 Å². The van der Waals surface area contributed by atoms with E-state index in [0.29, 0.717) is 11.1 Å². The monoisotopic (exact) mass is 254 g/mol. The van der Waals surface area contributed by atoms with Crippen LogP contribution in [0.2, 0.25) is 0 Å². The number of rotatable bonds is 5. The van der Waals surface area contributed by atoms with Gasteiger partial charge in [-0.15, -0.1) is 6.58 Å². The third-order valence-corrected chi connectivity index (χ3v) is 1.45. The second-order valence-corrected chi connectivity index (χ2v) is 3.78. The summed E-state index contributed by atoms with van der Waals surface area (Å²) in [6.45, 7) is 16.9. The van der Waals surface area contributed by atoms with Crippen LogP contribution in [0, 0.1) is 0 Å². The summed E-state index contributed by atoms with van der Waals surface area (Å²) in [5, 5.41) is 0. The van der Waals surface area contributed by atoms with E-state index in [0.717, 1.165) is 0 Å². The summed E-state index contributed by atoms with van der Waals surface area (Å²) >= 11 is 0. The molecule has 18 heavy (non-hydrogen) atoms. The van der Waals surface area contributed by atoms with E-state index in [-0.39, 0.29) is 6.61 Å². The molecule has 0 aromatic heterocycles. The molecule has 4 nitrogen and oxygen atoms in total. The predicted octanol–water partition coefficient (Wildman–Crippen LogP) is 2.81. The summed E-state index contributed by atoms with van der Waals surface area (Å²) in [6, 6.07) is 0. The van der Waals surface area contributed by atoms with Crippen molar-refractivity contribution in [3.63, 3.8) is 0 Å². The highest BCUT2D eigenvalue weighted by Gasteiger charge is 2.12. The van der Waals surface area contributed by atoms with E-state index >= 15 is 0 Å². The highest BCUT2D eigenvalue weighted by atomic mass is 16.6. The lowest BCUT2D eigenvalue weighted by Gasteiger charge is -2.13. The molecule has 102 valence electrons. The van der Waals surface area contributed by atoms with Crippen LogP contribution in [0.25, 0.3) is 0 Å². The first-order chi connectivity index (χ1) is 8.26. The van der Waals surface area contributed by atoms with Crippen LogP contribution in [0.5, 0.6) is 0 Å². The SMILES string of the molecule is C=C(C)C(=O)OCC(C)OC(=O)C(=C)C.C=CC. The zero-order valence-corrected chi connectivity index (χ0v) is 11.6. The second kappa shape index (κ2) is 10.3. The molecule has 1 atom stereocenters. The van der Waals surface area contributed by atoms with Gasteiger partial charge in [-0.05, 0) is 27.7 Å². The lowest BCUT2D eigenvalue weighted by Crippen LogP contribution is -2.22. The molecule has 0 amide bonds. The van der Waals surface area contributed by atoms with Gasteiger partial charge in [0.1, 0.15) is 12.7 Å². The van der Waals surface area contributed by atoms with Crippen molar-refractivity contribution in [3.8, 4) is 0 Å². The van der Waals surface area contributed by atoms with E-state index in [2.05, 4.69) is 19.7 Å². The van der Waals surface area contributed by atoms with Crippen LogP contribution in [0.1, 0.15) is 27.7 Å². The fraction of sp³-hybridized carbons (Fsp3) is 0.429. The van der Waals surface area contributed by atoms with Crippen molar-refractivity contribution >= 4 is 11.9 Å². The molecular weight excluding hydrogens is 232 g/mol. The summed E-state index contributed by atoms with van der Waals surface area (Å²) in [7, 11) is 0. The van der Waals surface area contributed by atoms with Crippen LogP contribution in [0.3, 0.4) is 0 Å². The van der Waals surface area contributed by atoms with Crippen LogP contribution in [0.15, 0.2) is 37.0 Å². The first-order valence-corrected chi connectivity index (χ1v) is 5.52. The van der Waals surface area contributed by atoms with Crippen LogP contribution >= 0.6 is 0 Å². The van der Waals surface area contributed by atoms with Gasteiger partial charge in [-0.3, -0.25) is 0 Å². The Hall–Kier alpha value is -1.84. The molecule has 0 saturated carbocycles. The molecule has 0 aliphatic heterocycles. The topological polar surface area (TPSA) is 52.6 Å². The Balaban J connectivity index is 0. The molecule has 0 heterocycles. The smallest absolute Gasteiger partial charge is 0.333 e. The minimum Gasteiger partial charge on any atom is -0.458 e. The molecule has 0 saturated heterocycles. The maximum absolute atomic E-state index is 11.1. The molecule has 1 unspecified atom stereocenters. The van der Waals surface area contributed by atoms with Crippen molar-refractivity contribution < 1.29 is 19.1 Å². The van der Waals surface area contributed by atoms with Crippen molar-refractivity contribution in [2.24, 2.45) is 0 Å². The van der Waals surface area contributed by atoms with Gasteiger partial charge in [-0.25, -0.2) is 9.59 Å². The summed E-state index contributed by atoms with van der Waals surface area (Å²) in [6.07, 6.45) is 1.26. The summed E-state index contributed by atoms with van der Waals surface area (Å²) in [5.41, 5.74) is 0.626. The van der Waals surface area contributed by atoms with Gasteiger partial charge in [0.2, 0.25) is 0 Å². The van der Waals surface area contributed by atoms with Gasteiger partial charge in [0, 0.05) is 11.1 Å². The number of hydrogen-bond donors (Lipinski definition) is 0. The first kappa shape index (κ1) is 18.5. The standard InChI is InChI=1S/C11H16O4.C3H6/c1-7(2)10(12)14-6-9(5)15-11(13)8(3)4;1-3-2/h9H,1,3,6H2,2,4-5H3;3H,1H2,2H3. The summed E-state index contributed by atoms with van der Waals surface area (Å²) in [4.78, 5) is 22.0. The normalized spacial score (nSPS) is 10.2. The van der Waals surface area contributed by atoms with Gasteiger partial charge in [-0.2, -0.15) is 0 Å². The minimum atomic E-state index is -0.492. The second-order valence-electron chi connectivity index (χ2n) is 3.78. The Morgan fingerprint density at radius 1 is 1.17 bits per heavy atom. The molecule has 0 aromatic rings. The highest BCUT2D eigenvalue weighted by molar-refractivity contribution is 5.87. The lowest BCUT2D eigenvalue weighted by molar-refractivity contribution is -0.152. The molecule has 0 radical (unpaired) electrons. The first-order valence-electron chi connectivity index (χ1n) is 5.52. The third kappa shape index (κ3) is 10.7. The molecular formula is C14H22O4. The maximum atomic E-state index is 11.1. The van der Waals surface area contributed by atoms with E-state index in [4.69, 9.17) is 9.47 Å². The van der Waals surface area contributed by atoms with Gasteiger partial charge in [0.25, 0.3) is 0 Å². The van der Waals surface area contributed by atoms with E-state index in [1.54, 1.807) is 26.8 Å². The van der Waals surface area contributed by atoms with E-state index in [1.165, 1.54) is 0 Å². The molecule has 0 fully saturated rings. The fourth-order valence-corrected chi connectivity index (χ4v) is 0.634. The number of esters is 2. The molecule has 0 spiro atoms. The Kier molecular flexibility index (Phi) is 10.6. The quantitative estimate of drug-likeness (QED) is 0.430. The Bertz CT molecular complexity index is 329. The number of carbonyl (C=O) groups excluding carboxylic acids is 2. The number of allylic oxidation sites excluding steroid dienone is 1. The molecule has 0 aromatic carbocycles. The molecule has 0 N–H and O–H groups in total. The van der Waals surface area contributed by atoms with Crippen LogP contribution in [0.4, 0.5) is 0 Å². The summed E-state index contributed by atoms with van der Waals surface area (Å²) in [5.74, 6) is -0.984. The van der Waals surface area contributed by atoms with Crippen molar-refractivity contribution in [2.75, 3.05) is 6.61 Å². The van der Waals surface area contributed by atoms with Crippen LogP contribution in [-0.2, 0) is 19.1 Å². The van der Waals surface area contributed by atoms with Gasteiger partial charge in [-0.1, -0.05) is 19.2 Å². The van der Waals surface area contributed by atoms with Gasteiger partial charge in [0.05, 0.1) is 0 Å². The minimum absolute atomic E-state index is 0.0186. The predicted molar refractivity (Wildman–Crippen MR) is 72.0 cm³/mol. The molecule has 0 bridgehead atoms. The molecule has 0 rings (SSSR count). The third-order valence-electron chi connectivity index (χ3n) is 1.45. The van der Waals surface area contributed by atoms with Crippen LogP contribution in [-0.4, -0.2) is 24.6 Å². The number of ether oxygens (including phenoxy) is 2. The van der Waals surface area contributed by atoms with E-state index in [9.17, 15) is 9.59 Å². The largest absolute Gasteiger partial charge is 0.458 e. The average Bonchev–Trinajstić information content (AvgIpc) is 2.26. The zero-order chi connectivity index (χ0) is 14.7. The van der Waals surface area contributed by atoms with Crippen molar-refractivity contribution in [1.82, 2.24) is 0 Å². The average molecular weight is 254 g/mol. The highest BCUT2D eigenvalue weighted by Crippen LogP contribution is 2.00. The van der Waals surface area contributed by atoms with Crippen molar-refractivity contribution in [1.29, 1.82) is 0 Å². The summed E-state index contributed by atoms with van der Waals surface area (Å²) < 4.78 is 9.70. The van der Waals surface area contributed by atoms with Gasteiger partial charge < -0.3 is 9.47 Å². The van der Waals surface area contributed by atoms with Crippen molar-refractivity contribution in [2.45, 2.75) is 33.8 Å². The maximum Gasteiger partial charge on any atom is 0.333 e. The number of hydrogen-bond acceptors (Lipinski definition) is 4. The zero-order valence-electron chi connectivity index (χ0n) is 11.6. The Labute approximate surface area is 109 Å². The van der Waals surface area contributed by atoms with E-state index in [1.807, 2.05) is 6.92 Å². The fourth-order valence-electron chi connectivity index (χ4n) is 0.634. The molecule has 4 heteroatoms.